The maximum atomic E-state index is 11.1. The topological polar surface area (TPSA) is 54.4 Å². The summed E-state index contributed by atoms with van der Waals surface area (Å²) in [6.07, 6.45) is 8.40. The van der Waals surface area contributed by atoms with Crippen LogP contribution in [-0.4, -0.2) is 11.1 Å². The number of hydrogen-bond acceptors (Lipinski definition) is 2. The summed E-state index contributed by atoms with van der Waals surface area (Å²) in [6, 6.07) is 5.23. The van der Waals surface area contributed by atoms with E-state index in [4.69, 9.17) is 5.11 Å². The van der Waals surface area contributed by atoms with Crippen LogP contribution in [-0.2, 0) is 9.49 Å². The number of halogens is 1. The van der Waals surface area contributed by atoms with Crippen molar-refractivity contribution in [2.24, 2.45) is 0 Å². The fourth-order valence-corrected chi connectivity index (χ4v) is 3.24. The predicted molar refractivity (Wildman–Crippen MR) is 83.9 cm³/mol. The smallest absolute Gasteiger partial charge is 0.336 e. The van der Waals surface area contributed by atoms with E-state index in [9.17, 15) is 7.86 Å². The van der Waals surface area contributed by atoms with Crippen LogP contribution in [0.15, 0.2) is 18.2 Å². The molecule has 0 spiro atoms. The van der Waals surface area contributed by atoms with Gasteiger partial charge in [0, 0.05) is 0 Å². The van der Waals surface area contributed by atoms with Gasteiger partial charge in [-0.3, -0.25) is 3.07 Å². The first-order valence-electron chi connectivity index (χ1n) is 6.82. The molecule has 0 radical (unpaired) electrons. The first-order chi connectivity index (χ1) is 9.19. The highest BCUT2D eigenvalue weighted by Gasteiger charge is 2.10. The Morgan fingerprint density at radius 1 is 1.16 bits per heavy atom. The van der Waals surface area contributed by atoms with Gasteiger partial charge in [-0.1, -0.05) is 45.1 Å². The zero-order chi connectivity index (χ0) is 14.1. The van der Waals surface area contributed by atoms with Crippen molar-refractivity contribution in [3.8, 4) is 0 Å². The van der Waals surface area contributed by atoms with Gasteiger partial charge in [-0.2, -0.15) is 0 Å². The summed E-state index contributed by atoms with van der Waals surface area (Å²) >= 11 is -1.42. The minimum absolute atomic E-state index is 0.189. The van der Waals surface area contributed by atoms with Crippen LogP contribution in [0.1, 0.15) is 61.4 Å². The number of carboxylic acid groups (broad SMARTS) is 1. The monoisotopic (exact) mass is 376 g/mol. The van der Waals surface area contributed by atoms with E-state index >= 15 is 0 Å². The van der Waals surface area contributed by atoms with E-state index in [0.29, 0.717) is 3.57 Å². The molecule has 1 aromatic carbocycles. The summed E-state index contributed by atoms with van der Waals surface area (Å²) in [7, 11) is 0. The van der Waals surface area contributed by atoms with Crippen molar-refractivity contribution in [3.05, 3.63) is 32.9 Å². The van der Waals surface area contributed by atoms with Crippen LogP contribution >= 0.6 is 21.2 Å². The van der Waals surface area contributed by atoms with Gasteiger partial charge in [0.2, 0.25) is 0 Å². The molecule has 0 saturated carbocycles. The first kappa shape index (κ1) is 16.3. The van der Waals surface area contributed by atoms with Gasteiger partial charge in [0.25, 0.3) is 0 Å². The highest BCUT2D eigenvalue weighted by Crippen LogP contribution is 2.19. The second-order valence-corrected chi connectivity index (χ2v) is 6.32. The van der Waals surface area contributed by atoms with Crippen molar-refractivity contribution in [2.75, 3.05) is 0 Å². The largest absolute Gasteiger partial charge is 0.478 e. The number of hydrogen-bond donors (Lipinski definition) is 1. The second kappa shape index (κ2) is 9.18. The lowest BCUT2D eigenvalue weighted by Crippen LogP contribution is -2.00. The molecule has 0 saturated heterocycles. The molecule has 0 bridgehead atoms. The lowest BCUT2D eigenvalue weighted by molar-refractivity contribution is 0.0695. The van der Waals surface area contributed by atoms with Gasteiger partial charge in [-0.25, -0.2) is 4.79 Å². The van der Waals surface area contributed by atoms with Crippen LogP contribution in [0.3, 0.4) is 0 Å². The molecule has 1 N–H and O–H groups in total. The molecule has 0 heterocycles. The van der Waals surface area contributed by atoms with Crippen LogP contribution in [0.4, 0.5) is 0 Å². The van der Waals surface area contributed by atoms with Crippen LogP contribution in [0.2, 0.25) is 0 Å². The third-order valence-corrected chi connectivity index (χ3v) is 4.53. The van der Waals surface area contributed by atoms with Gasteiger partial charge < -0.3 is 5.11 Å². The summed E-state index contributed by atoms with van der Waals surface area (Å²) in [5.74, 6) is -0.989. The number of unbranched alkanes of at least 4 members (excludes halogenated alkanes) is 5. The van der Waals surface area contributed by atoms with E-state index in [1.807, 2.05) is 6.07 Å². The highest BCUT2D eigenvalue weighted by molar-refractivity contribution is 14.1. The van der Waals surface area contributed by atoms with Gasteiger partial charge >= 0.3 is 5.97 Å². The number of rotatable bonds is 9. The number of aryl methyl sites for hydroxylation is 1. The molecule has 0 aliphatic heterocycles. The molecule has 0 aliphatic rings. The maximum Gasteiger partial charge on any atom is 0.336 e. The lowest BCUT2D eigenvalue weighted by atomic mass is 10.0. The summed E-state index contributed by atoms with van der Waals surface area (Å²) in [5, 5.41) is 8.96. The molecule has 0 atom stereocenters. The number of carbonyl (C=O) groups is 1. The molecule has 3 nitrogen and oxygen atoms in total. The molecular formula is C15H21IO3. The average molecular weight is 376 g/mol. The fourth-order valence-electron chi connectivity index (χ4n) is 2.06. The molecule has 0 amide bonds. The Morgan fingerprint density at radius 2 is 1.84 bits per heavy atom. The molecule has 0 aliphatic carbocycles. The van der Waals surface area contributed by atoms with Crippen molar-refractivity contribution in [1.29, 1.82) is 0 Å². The molecule has 1 rings (SSSR count). The van der Waals surface area contributed by atoms with Crippen LogP contribution in [0.25, 0.3) is 0 Å². The fraction of sp³-hybridized carbons (Fsp3) is 0.533. The second-order valence-electron chi connectivity index (χ2n) is 4.71. The first-order valence-corrected chi connectivity index (χ1v) is 8.78. The summed E-state index contributed by atoms with van der Waals surface area (Å²) in [5.41, 5.74) is 1.29. The summed E-state index contributed by atoms with van der Waals surface area (Å²) in [6.45, 7) is 2.21. The van der Waals surface area contributed by atoms with Gasteiger partial charge in [0.1, 0.15) is 0 Å². The van der Waals surface area contributed by atoms with E-state index in [1.54, 1.807) is 12.1 Å². The SMILES string of the molecule is CCCCCCCCc1ccc(C(=O)O)c(I=O)c1. The van der Waals surface area contributed by atoms with E-state index in [1.165, 1.54) is 32.1 Å². The molecular weight excluding hydrogens is 355 g/mol. The molecule has 0 unspecified atom stereocenters. The Kier molecular flexibility index (Phi) is 7.86. The minimum atomic E-state index is -1.42. The van der Waals surface area contributed by atoms with Crippen molar-refractivity contribution in [3.63, 3.8) is 0 Å². The summed E-state index contributed by atoms with van der Waals surface area (Å²) in [4.78, 5) is 10.9. The van der Waals surface area contributed by atoms with Crippen molar-refractivity contribution in [1.82, 2.24) is 0 Å². The molecule has 106 valence electrons. The van der Waals surface area contributed by atoms with Crippen molar-refractivity contribution in [2.45, 2.75) is 51.9 Å². The van der Waals surface area contributed by atoms with E-state index in [0.717, 1.165) is 18.4 Å². The molecule has 1 aromatic rings. The normalized spacial score (nSPS) is 10.6. The number of aromatic carboxylic acids is 1. The van der Waals surface area contributed by atoms with E-state index in [-0.39, 0.29) is 5.56 Å². The van der Waals surface area contributed by atoms with Gasteiger partial charge in [0.15, 0.2) is 21.2 Å². The maximum absolute atomic E-state index is 11.1. The van der Waals surface area contributed by atoms with Crippen molar-refractivity contribution >= 4 is 27.2 Å². The third kappa shape index (κ3) is 5.80. The van der Waals surface area contributed by atoms with E-state index in [2.05, 4.69) is 6.92 Å². The van der Waals surface area contributed by atoms with E-state index < -0.39 is 27.2 Å². The Hall–Kier alpha value is -0.780. The van der Waals surface area contributed by atoms with Crippen molar-refractivity contribution < 1.29 is 13.0 Å². The Bertz CT molecular complexity index is 429. The zero-order valence-electron chi connectivity index (χ0n) is 11.3. The minimum Gasteiger partial charge on any atom is -0.478 e. The molecule has 19 heavy (non-hydrogen) atoms. The average Bonchev–Trinajstić information content (AvgIpc) is 2.42. The number of benzene rings is 1. The van der Waals surface area contributed by atoms with Crippen LogP contribution in [0.5, 0.6) is 0 Å². The molecule has 0 fully saturated rings. The van der Waals surface area contributed by atoms with Gasteiger partial charge in [-0.15, -0.1) is 0 Å². The Labute approximate surface area is 125 Å². The Morgan fingerprint density at radius 3 is 2.47 bits per heavy atom. The quantitative estimate of drug-likeness (QED) is 0.499. The standard InChI is InChI=1S/C15H21IO3/c1-2-3-4-5-6-7-8-12-9-10-13(15(17)18)14(11-12)16-19/h9-11H,2-8H2,1H3,(H,17,18). The molecule has 0 aromatic heterocycles. The summed E-state index contributed by atoms with van der Waals surface area (Å²) < 4.78 is 11.6. The zero-order valence-corrected chi connectivity index (χ0v) is 13.5. The third-order valence-electron chi connectivity index (χ3n) is 3.17. The highest BCUT2D eigenvalue weighted by atomic mass is 127. The Balaban J connectivity index is 2.47. The van der Waals surface area contributed by atoms with Gasteiger partial charge in [0.05, 0.1) is 9.13 Å². The van der Waals surface area contributed by atoms with Crippen LogP contribution < -0.4 is 0 Å². The number of carboxylic acids is 1. The molecule has 4 heteroatoms. The van der Waals surface area contributed by atoms with Gasteiger partial charge in [-0.05, 0) is 30.5 Å². The van der Waals surface area contributed by atoms with Crippen LogP contribution in [0, 0.1) is 3.57 Å². The lowest BCUT2D eigenvalue weighted by Gasteiger charge is -2.04. The predicted octanol–water partition coefficient (Wildman–Crippen LogP) is 4.77.